The van der Waals surface area contributed by atoms with Crippen molar-refractivity contribution in [1.82, 2.24) is 14.9 Å². The molecule has 2 N–H and O–H groups in total. The van der Waals surface area contributed by atoms with Gasteiger partial charge in [0.15, 0.2) is 11.6 Å². The van der Waals surface area contributed by atoms with Gasteiger partial charge >= 0.3 is 0 Å². The highest BCUT2D eigenvalue weighted by molar-refractivity contribution is 6.30. The quantitative estimate of drug-likeness (QED) is 0.459. The summed E-state index contributed by atoms with van der Waals surface area (Å²) in [6, 6.07) is 11.5. The van der Waals surface area contributed by atoms with E-state index in [-0.39, 0.29) is 29.4 Å². The number of benzene rings is 2. The zero-order chi connectivity index (χ0) is 25.7. The normalized spacial score (nSPS) is 14.0. The molecule has 1 amide bonds. The molecule has 1 aliphatic heterocycles. The SMILES string of the molecule is CC(C)Oc1ccc(Nc2nc(=O)c(C(=O)NC3CCOCC3)cn2Cc2ccc(Cl)cc2)cc1F. The maximum atomic E-state index is 14.5. The van der Waals surface area contributed by atoms with E-state index in [0.717, 1.165) is 5.56 Å². The Balaban J connectivity index is 1.64. The van der Waals surface area contributed by atoms with E-state index < -0.39 is 17.3 Å². The van der Waals surface area contributed by atoms with Gasteiger partial charge in [0.05, 0.1) is 12.6 Å². The van der Waals surface area contributed by atoms with Crippen LogP contribution >= 0.6 is 11.6 Å². The number of carbonyl (C=O) groups excluding carboxylic acids is 1. The van der Waals surface area contributed by atoms with Crippen molar-refractivity contribution in [2.45, 2.75) is 45.4 Å². The maximum Gasteiger partial charge on any atom is 0.287 e. The van der Waals surface area contributed by atoms with Crippen LogP contribution in [0.4, 0.5) is 16.0 Å². The largest absolute Gasteiger partial charge is 0.488 e. The number of nitrogens with zero attached hydrogens (tertiary/aromatic N) is 2. The summed E-state index contributed by atoms with van der Waals surface area (Å²) in [5.74, 6) is -0.749. The Hall–Kier alpha value is -3.43. The highest BCUT2D eigenvalue weighted by Crippen LogP contribution is 2.24. The first kappa shape index (κ1) is 25.7. The summed E-state index contributed by atoms with van der Waals surface area (Å²) in [5, 5.41) is 6.48. The van der Waals surface area contributed by atoms with Gasteiger partial charge < -0.3 is 24.7 Å². The van der Waals surface area contributed by atoms with Crippen LogP contribution < -0.4 is 20.9 Å². The van der Waals surface area contributed by atoms with Crippen molar-refractivity contribution in [3.8, 4) is 5.75 Å². The van der Waals surface area contributed by atoms with Crippen LogP contribution in [0.5, 0.6) is 5.75 Å². The number of amides is 1. The highest BCUT2D eigenvalue weighted by Gasteiger charge is 2.21. The smallest absolute Gasteiger partial charge is 0.287 e. The summed E-state index contributed by atoms with van der Waals surface area (Å²) in [4.78, 5) is 29.9. The fourth-order valence-electron chi connectivity index (χ4n) is 3.82. The summed E-state index contributed by atoms with van der Waals surface area (Å²) < 4.78 is 27.0. The molecule has 1 aromatic heterocycles. The van der Waals surface area contributed by atoms with Gasteiger partial charge in [0, 0.05) is 42.2 Å². The fourth-order valence-corrected chi connectivity index (χ4v) is 3.94. The molecule has 0 unspecified atom stereocenters. The van der Waals surface area contributed by atoms with E-state index in [1.807, 2.05) is 26.0 Å². The molecule has 8 nitrogen and oxygen atoms in total. The van der Waals surface area contributed by atoms with Gasteiger partial charge in [0.2, 0.25) is 5.95 Å². The van der Waals surface area contributed by atoms with E-state index in [0.29, 0.717) is 43.3 Å². The summed E-state index contributed by atoms with van der Waals surface area (Å²) >= 11 is 6.01. The zero-order valence-electron chi connectivity index (χ0n) is 20.1. The van der Waals surface area contributed by atoms with Crippen LogP contribution in [0.3, 0.4) is 0 Å². The summed E-state index contributed by atoms with van der Waals surface area (Å²) in [6.45, 7) is 5.03. The molecule has 1 aliphatic rings. The second kappa shape index (κ2) is 11.5. The van der Waals surface area contributed by atoms with E-state index in [1.54, 1.807) is 22.8 Å². The van der Waals surface area contributed by atoms with E-state index in [2.05, 4.69) is 15.6 Å². The van der Waals surface area contributed by atoms with Crippen molar-refractivity contribution < 1.29 is 18.7 Å². The average molecular weight is 515 g/mol. The number of halogens is 2. The molecule has 190 valence electrons. The molecule has 10 heteroatoms. The van der Waals surface area contributed by atoms with E-state index in [1.165, 1.54) is 18.3 Å². The second-order valence-electron chi connectivity index (χ2n) is 8.83. The number of carbonyl (C=O) groups is 1. The van der Waals surface area contributed by atoms with Crippen LogP contribution in [0, 0.1) is 5.82 Å². The Morgan fingerprint density at radius 2 is 1.94 bits per heavy atom. The third-order valence-corrected chi connectivity index (χ3v) is 5.86. The first-order chi connectivity index (χ1) is 17.3. The van der Waals surface area contributed by atoms with Crippen molar-refractivity contribution >= 4 is 29.1 Å². The molecule has 36 heavy (non-hydrogen) atoms. The minimum absolute atomic E-state index is 0.0669. The Kier molecular flexibility index (Phi) is 8.22. The van der Waals surface area contributed by atoms with Crippen molar-refractivity contribution in [1.29, 1.82) is 0 Å². The predicted octanol–water partition coefficient (Wildman–Crippen LogP) is 4.52. The first-order valence-electron chi connectivity index (χ1n) is 11.8. The molecule has 0 spiro atoms. The molecular formula is C26H28ClFN4O4. The predicted molar refractivity (Wildman–Crippen MR) is 136 cm³/mol. The summed E-state index contributed by atoms with van der Waals surface area (Å²) in [7, 11) is 0. The van der Waals surface area contributed by atoms with Crippen molar-refractivity contribution in [2.24, 2.45) is 0 Å². The molecule has 0 atom stereocenters. The molecular weight excluding hydrogens is 487 g/mol. The Labute approximate surface area is 213 Å². The lowest BCUT2D eigenvalue weighted by Gasteiger charge is -2.23. The zero-order valence-corrected chi connectivity index (χ0v) is 20.8. The van der Waals surface area contributed by atoms with Crippen molar-refractivity contribution in [3.63, 3.8) is 0 Å². The molecule has 1 saturated heterocycles. The number of nitrogens with one attached hydrogen (secondary N) is 2. The first-order valence-corrected chi connectivity index (χ1v) is 12.1. The average Bonchev–Trinajstić information content (AvgIpc) is 2.84. The maximum absolute atomic E-state index is 14.5. The fraction of sp³-hybridized carbons (Fsp3) is 0.346. The van der Waals surface area contributed by atoms with E-state index in [9.17, 15) is 14.0 Å². The van der Waals surface area contributed by atoms with Gasteiger partial charge in [-0.25, -0.2) is 4.39 Å². The molecule has 1 fully saturated rings. The van der Waals surface area contributed by atoms with Gasteiger partial charge in [0.25, 0.3) is 11.5 Å². The third kappa shape index (κ3) is 6.61. The number of anilines is 2. The van der Waals surface area contributed by atoms with Crippen LogP contribution in [0.15, 0.2) is 53.5 Å². The van der Waals surface area contributed by atoms with Gasteiger partial charge in [-0.05, 0) is 56.5 Å². The molecule has 0 saturated carbocycles. The van der Waals surface area contributed by atoms with Crippen LogP contribution in [-0.2, 0) is 11.3 Å². The van der Waals surface area contributed by atoms with Gasteiger partial charge in [-0.1, -0.05) is 23.7 Å². The number of aromatic nitrogens is 2. The molecule has 3 aromatic rings. The van der Waals surface area contributed by atoms with Crippen LogP contribution in [0.1, 0.15) is 42.6 Å². The molecule has 0 aliphatic carbocycles. The molecule has 4 rings (SSSR count). The number of hydrogen-bond donors (Lipinski definition) is 2. The minimum atomic E-state index is -0.686. The van der Waals surface area contributed by atoms with Gasteiger partial charge in [0.1, 0.15) is 5.56 Å². The lowest BCUT2D eigenvalue weighted by molar-refractivity contribution is 0.0695. The molecule has 2 aromatic carbocycles. The lowest BCUT2D eigenvalue weighted by atomic mass is 10.1. The van der Waals surface area contributed by atoms with Crippen molar-refractivity contribution in [3.05, 3.63) is 81.0 Å². The molecule has 0 radical (unpaired) electrons. The molecule has 0 bridgehead atoms. The number of rotatable bonds is 8. The molecule has 2 heterocycles. The van der Waals surface area contributed by atoms with Crippen molar-refractivity contribution in [2.75, 3.05) is 18.5 Å². The lowest BCUT2D eigenvalue weighted by Crippen LogP contribution is -2.41. The Bertz CT molecular complexity index is 1270. The van der Waals surface area contributed by atoms with Crippen LogP contribution in [0.25, 0.3) is 0 Å². The van der Waals surface area contributed by atoms with E-state index >= 15 is 0 Å². The van der Waals surface area contributed by atoms with E-state index in [4.69, 9.17) is 21.1 Å². The highest BCUT2D eigenvalue weighted by atomic mass is 35.5. The third-order valence-electron chi connectivity index (χ3n) is 5.61. The minimum Gasteiger partial charge on any atom is -0.488 e. The standard InChI is InChI=1S/C26H28ClFN4O4/c1-16(2)36-23-8-7-20(13-22(23)28)30-26-31-25(34)21(24(33)29-19-9-11-35-12-10-19)15-32(26)14-17-3-5-18(27)6-4-17/h3-8,13,15-16,19H,9-12,14H2,1-2H3,(H,29,33)(H,30,31,34). The Morgan fingerprint density at radius 1 is 1.22 bits per heavy atom. The summed E-state index contributed by atoms with van der Waals surface area (Å²) in [5.41, 5.74) is 0.484. The number of ether oxygens (including phenoxy) is 2. The van der Waals surface area contributed by atoms with Gasteiger partial charge in [-0.3, -0.25) is 9.59 Å². The summed E-state index contributed by atoms with van der Waals surface area (Å²) in [6.07, 6.45) is 2.65. The van der Waals surface area contributed by atoms with Gasteiger partial charge in [-0.2, -0.15) is 4.98 Å². The number of hydrogen-bond acceptors (Lipinski definition) is 6. The van der Waals surface area contributed by atoms with Crippen LogP contribution in [-0.4, -0.2) is 40.8 Å². The topological polar surface area (TPSA) is 94.5 Å². The van der Waals surface area contributed by atoms with Crippen LogP contribution in [0.2, 0.25) is 5.02 Å². The Morgan fingerprint density at radius 3 is 2.61 bits per heavy atom. The van der Waals surface area contributed by atoms with Gasteiger partial charge in [-0.15, -0.1) is 0 Å². The monoisotopic (exact) mass is 514 g/mol. The second-order valence-corrected chi connectivity index (χ2v) is 9.27.